The summed E-state index contributed by atoms with van der Waals surface area (Å²) in [5, 5.41) is 3.22. The van der Waals surface area contributed by atoms with Crippen LogP contribution < -0.4 is 10.2 Å². The Morgan fingerprint density at radius 1 is 0.966 bits per heavy atom. The maximum Gasteiger partial charge on any atom is 0.266 e. The Bertz CT molecular complexity index is 970. The number of anilines is 1. The molecule has 1 saturated heterocycles. The van der Waals surface area contributed by atoms with Gasteiger partial charge in [-0.05, 0) is 56.3 Å². The van der Waals surface area contributed by atoms with E-state index in [2.05, 4.69) is 10.2 Å². The third kappa shape index (κ3) is 3.91. The first kappa shape index (κ1) is 19.6. The summed E-state index contributed by atoms with van der Waals surface area (Å²) in [5.41, 5.74) is 1.20. The summed E-state index contributed by atoms with van der Waals surface area (Å²) in [6.07, 6.45) is 3.68. The van der Waals surface area contributed by atoms with Gasteiger partial charge in [0.05, 0.1) is 21.8 Å². The van der Waals surface area contributed by atoms with Crippen molar-refractivity contribution >= 4 is 35.0 Å². The summed E-state index contributed by atoms with van der Waals surface area (Å²) in [6.45, 7) is 3.51. The number of rotatable bonds is 5. The fraction of sp³-hybridized carbons (Fsp3) is 0.318. The highest BCUT2D eigenvalue weighted by molar-refractivity contribution is 6.39. The van der Waals surface area contributed by atoms with Crippen LogP contribution in [0.1, 0.15) is 50.3 Å². The van der Waals surface area contributed by atoms with Crippen molar-refractivity contribution in [2.45, 2.75) is 19.3 Å². The standard InChI is InChI=1S/C22H22ClN3O3/c23-18-6-2-3-7-19(18)26-21(28)16-9-8-15(14-17(16)22(26)29)20(27)24-10-13-25-11-4-1-5-12-25/h2-3,6-9,14H,1,4-5,10-13H2,(H,24,27). The van der Waals surface area contributed by atoms with Crippen molar-refractivity contribution in [2.75, 3.05) is 31.1 Å². The Morgan fingerprint density at radius 3 is 2.45 bits per heavy atom. The largest absolute Gasteiger partial charge is 0.351 e. The third-order valence-electron chi connectivity index (χ3n) is 5.40. The normalized spacial score (nSPS) is 16.8. The Kier molecular flexibility index (Phi) is 5.65. The van der Waals surface area contributed by atoms with Crippen molar-refractivity contribution in [1.82, 2.24) is 10.2 Å². The quantitative estimate of drug-likeness (QED) is 0.766. The van der Waals surface area contributed by atoms with E-state index in [1.165, 1.54) is 31.4 Å². The molecule has 0 aromatic heterocycles. The number of hydrogen-bond acceptors (Lipinski definition) is 4. The number of piperidine rings is 1. The number of halogens is 1. The number of fused-ring (bicyclic) bond motifs is 1. The highest BCUT2D eigenvalue weighted by Crippen LogP contribution is 2.33. The van der Waals surface area contributed by atoms with E-state index in [4.69, 9.17) is 11.6 Å². The third-order valence-corrected chi connectivity index (χ3v) is 5.72. The number of likely N-dealkylation sites (tertiary alicyclic amines) is 1. The van der Waals surface area contributed by atoms with E-state index in [0.717, 1.165) is 24.5 Å². The molecule has 0 aliphatic carbocycles. The van der Waals surface area contributed by atoms with Gasteiger partial charge in [0.25, 0.3) is 17.7 Å². The lowest BCUT2D eigenvalue weighted by Gasteiger charge is -2.26. The number of hydrogen-bond donors (Lipinski definition) is 1. The lowest BCUT2D eigenvalue weighted by atomic mass is 10.1. The van der Waals surface area contributed by atoms with Gasteiger partial charge in [-0.25, -0.2) is 4.90 Å². The number of benzene rings is 2. The molecule has 0 saturated carbocycles. The van der Waals surface area contributed by atoms with Gasteiger partial charge in [0.2, 0.25) is 0 Å². The van der Waals surface area contributed by atoms with Crippen LogP contribution in [0.3, 0.4) is 0 Å². The monoisotopic (exact) mass is 411 g/mol. The van der Waals surface area contributed by atoms with Crippen LogP contribution in [0.2, 0.25) is 5.02 Å². The van der Waals surface area contributed by atoms with E-state index in [1.54, 1.807) is 30.3 Å². The molecule has 0 radical (unpaired) electrons. The molecule has 2 aromatic carbocycles. The molecule has 2 aromatic rings. The summed E-state index contributed by atoms with van der Waals surface area (Å²) in [4.78, 5) is 41.5. The predicted molar refractivity (Wildman–Crippen MR) is 112 cm³/mol. The molecule has 4 rings (SSSR count). The maximum absolute atomic E-state index is 12.9. The Morgan fingerprint density at radius 2 is 1.69 bits per heavy atom. The summed E-state index contributed by atoms with van der Waals surface area (Å²) >= 11 is 6.17. The summed E-state index contributed by atoms with van der Waals surface area (Å²) in [6, 6.07) is 11.3. The number of para-hydroxylation sites is 1. The van der Waals surface area contributed by atoms with E-state index in [0.29, 0.717) is 22.8 Å². The van der Waals surface area contributed by atoms with Gasteiger partial charge in [-0.1, -0.05) is 30.2 Å². The second-order valence-electron chi connectivity index (χ2n) is 7.32. The molecular formula is C22H22ClN3O3. The lowest BCUT2D eigenvalue weighted by Crippen LogP contribution is -2.37. The maximum atomic E-state index is 12.9. The van der Waals surface area contributed by atoms with E-state index in [1.807, 2.05) is 0 Å². The first-order valence-corrected chi connectivity index (χ1v) is 10.2. The highest BCUT2D eigenvalue weighted by Gasteiger charge is 2.38. The molecule has 2 heterocycles. The molecule has 3 amide bonds. The molecule has 0 bridgehead atoms. The molecule has 29 heavy (non-hydrogen) atoms. The summed E-state index contributed by atoms with van der Waals surface area (Å²) in [5.74, 6) is -1.16. The van der Waals surface area contributed by atoms with Crippen molar-refractivity contribution < 1.29 is 14.4 Å². The van der Waals surface area contributed by atoms with Crippen LogP contribution in [-0.4, -0.2) is 48.8 Å². The van der Waals surface area contributed by atoms with Gasteiger partial charge in [0.1, 0.15) is 0 Å². The molecular weight excluding hydrogens is 390 g/mol. The zero-order chi connectivity index (χ0) is 20.4. The van der Waals surface area contributed by atoms with Crippen LogP contribution in [0.4, 0.5) is 5.69 Å². The molecule has 150 valence electrons. The molecule has 2 aliphatic heterocycles. The van der Waals surface area contributed by atoms with Crippen LogP contribution in [0.25, 0.3) is 0 Å². The van der Waals surface area contributed by atoms with Crippen LogP contribution in [-0.2, 0) is 0 Å². The van der Waals surface area contributed by atoms with Crippen molar-refractivity contribution in [1.29, 1.82) is 0 Å². The van der Waals surface area contributed by atoms with Gasteiger partial charge in [-0.15, -0.1) is 0 Å². The Hall–Kier alpha value is -2.70. The fourth-order valence-corrected chi connectivity index (χ4v) is 4.07. The number of imide groups is 1. The van der Waals surface area contributed by atoms with E-state index in [9.17, 15) is 14.4 Å². The van der Waals surface area contributed by atoms with E-state index in [-0.39, 0.29) is 17.0 Å². The summed E-state index contributed by atoms with van der Waals surface area (Å²) < 4.78 is 0. The number of carbonyl (C=O) groups is 3. The van der Waals surface area contributed by atoms with Gasteiger partial charge in [-0.2, -0.15) is 0 Å². The lowest BCUT2D eigenvalue weighted by molar-refractivity contribution is 0.0923. The van der Waals surface area contributed by atoms with Gasteiger partial charge in [0, 0.05) is 18.7 Å². The van der Waals surface area contributed by atoms with Crippen molar-refractivity contribution in [2.24, 2.45) is 0 Å². The molecule has 0 spiro atoms. The molecule has 2 aliphatic rings. The van der Waals surface area contributed by atoms with E-state index >= 15 is 0 Å². The van der Waals surface area contributed by atoms with Crippen LogP contribution in [0, 0.1) is 0 Å². The molecule has 0 atom stereocenters. The first-order chi connectivity index (χ1) is 14.1. The average molecular weight is 412 g/mol. The average Bonchev–Trinajstić information content (AvgIpc) is 2.99. The highest BCUT2D eigenvalue weighted by atomic mass is 35.5. The number of carbonyl (C=O) groups excluding carboxylic acids is 3. The fourth-order valence-electron chi connectivity index (χ4n) is 3.85. The number of nitrogens with zero attached hydrogens (tertiary/aromatic N) is 2. The van der Waals surface area contributed by atoms with E-state index < -0.39 is 11.8 Å². The topological polar surface area (TPSA) is 69.7 Å². The van der Waals surface area contributed by atoms with Gasteiger partial charge in [-0.3, -0.25) is 14.4 Å². The zero-order valence-corrected chi connectivity index (χ0v) is 16.7. The van der Waals surface area contributed by atoms with Crippen molar-refractivity contribution in [3.05, 3.63) is 64.2 Å². The first-order valence-electron chi connectivity index (χ1n) is 9.84. The second-order valence-corrected chi connectivity index (χ2v) is 7.72. The van der Waals surface area contributed by atoms with Crippen LogP contribution >= 0.6 is 11.6 Å². The SMILES string of the molecule is O=C(NCCN1CCCCC1)c1ccc2c(c1)C(=O)N(c1ccccc1Cl)C2=O. The zero-order valence-electron chi connectivity index (χ0n) is 16.0. The number of nitrogens with one attached hydrogen (secondary N) is 1. The Labute approximate surface area is 174 Å². The van der Waals surface area contributed by atoms with Gasteiger partial charge < -0.3 is 10.2 Å². The molecule has 6 nitrogen and oxygen atoms in total. The van der Waals surface area contributed by atoms with Gasteiger partial charge in [0.15, 0.2) is 0 Å². The molecule has 7 heteroatoms. The minimum Gasteiger partial charge on any atom is -0.351 e. The molecule has 1 N–H and O–H groups in total. The minimum atomic E-state index is -0.471. The van der Waals surface area contributed by atoms with Crippen LogP contribution in [0.5, 0.6) is 0 Å². The summed E-state index contributed by atoms with van der Waals surface area (Å²) in [7, 11) is 0. The van der Waals surface area contributed by atoms with Crippen LogP contribution in [0.15, 0.2) is 42.5 Å². The van der Waals surface area contributed by atoms with Crippen molar-refractivity contribution in [3.8, 4) is 0 Å². The number of amides is 3. The second kappa shape index (κ2) is 8.35. The molecule has 0 unspecified atom stereocenters. The smallest absolute Gasteiger partial charge is 0.266 e. The molecule has 1 fully saturated rings. The predicted octanol–water partition coefficient (Wildman–Crippen LogP) is 3.36. The van der Waals surface area contributed by atoms with Gasteiger partial charge >= 0.3 is 0 Å². The Balaban J connectivity index is 1.47. The van der Waals surface area contributed by atoms with Crippen molar-refractivity contribution in [3.63, 3.8) is 0 Å². The minimum absolute atomic E-state index is 0.221.